The van der Waals surface area contributed by atoms with Crippen LogP contribution in [0.15, 0.2) is 0 Å². The highest BCUT2D eigenvalue weighted by Gasteiger charge is 2.60. The van der Waals surface area contributed by atoms with Gasteiger partial charge in [0.1, 0.15) is 24.4 Å². The predicted molar refractivity (Wildman–Crippen MR) is 59.6 cm³/mol. The standard InChI is InChI=1S/C12H20O6/c1-11(2)15-7-6(5-13)14-10-9(8(7)16-11)17-12(3,4)18-10/h6-10,13H,5H2,1-4H3/t6-,7-,8+,9-,10-/m1/s1. The predicted octanol–water partition coefficient (Wildman–Crippen LogP) is 0.375. The highest BCUT2D eigenvalue weighted by molar-refractivity contribution is 4.99. The Hall–Kier alpha value is -0.240. The lowest BCUT2D eigenvalue weighted by atomic mass is 9.99. The Morgan fingerprint density at radius 3 is 2.06 bits per heavy atom. The Bertz CT molecular complexity index is 341. The van der Waals surface area contributed by atoms with E-state index in [1.807, 2.05) is 27.7 Å². The van der Waals surface area contributed by atoms with Gasteiger partial charge in [0.05, 0.1) is 6.61 Å². The Morgan fingerprint density at radius 2 is 1.39 bits per heavy atom. The van der Waals surface area contributed by atoms with E-state index in [1.54, 1.807) is 0 Å². The van der Waals surface area contributed by atoms with Gasteiger partial charge in [-0.25, -0.2) is 0 Å². The SMILES string of the molecule is CC1(C)O[C@H]2O[C@H](CO)[C@H]3OC(C)(C)O[C@@H]3[C@H]2O1. The van der Waals surface area contributed by atoms with Gasteiger partial charge >= 0.3 is 0 Å². The zero-order chi connectivity index (χ0) is 13.1. The average molecular weight is 260 g/mol. The Morgan fingerprint density at radius 1 is 0.833 bits per heavy atom. The molecule has 0 aliphatic carbocycles. The highest BCUT2D eigenvalue weighted by Crippen LogP contribution is 2.43. The van der Waals surface area contributed by atoms with Crippen molar-refractivity contribution >= 4 is 0 Å². The number of aliphatic hydroxyl groups excluding tert-OH is 1. The van der Waals surface area contributed by atoms with E-state index in [2.05, 4.69) is 0 Å². The van der Waals surface area contributed by atoms with E-state index >= 15 is 0 Å². The van der Waals surface area contributed by atoms with Crippen molar-refractivity contribution in [1.29, 1.82) is 0 Å². The number of rotatable bonds is 1. The quantitative estimate of drug-likeness (QED) is 0.735. The summed E-state index contributed by atoms with van der Waals surface area (Å²) in [7, 11) is 0. The van der Waals surface area contributed by atoms with Crippen molar-refractivity contribution in [3.8, 4) is 0 Å². The smallest absolute Gasteiger partial charge is 0.190 e. The zero-order valence-corrected chi connectivity index (χ0v) is 11.1. The van der Waals surface area contributed by atoms with E-state index in [0.29, 0.717) is 0 Å². The molecule has 0 spiro atoms. The van der Waals surface area contributed by atoms with Crippen LogP contribution in [0.3, 0.4) is 0 Å². The topological polar surface area (TPSA) is 66.4 Å². The summed E-state index contributed by atoms with van der Waals surface area (Å²) in [5.74, 6) is -1.41. The van der Waals surface area contributed by atoms with Crippen LogP contribution in [-0.4, -0.2) is 54.0 Å². The summed E-state index contributed by atoms with van der Waals surface area (Å²) < 4.78 is 28.9. The zero-order valence-electron chi connectivity index (χ0n) is 11.1. The van der Waals surface area contributed by atoms with Crippen LogP contribution in [0.25, 0.3) is 0 Å². The summed E-state index contributed by atoms with van der Waals surface area (Å²) >= 11 is 0. The second kappa shape index (κ2) is 3.88. The maximum atomic E-state index is 9.40. The molecule has 6 heteroatoms. The molecule has 6 nitrogen and oxygen atoms in total. The van der Waals surface area contributed by atoms with Crippen molar-refractivity contribution in [1.82, 2.24) is 0 Å². The molecule has 3 heterocycles. The number of aliphatic hydroxyl groups is 1. The van der Waals surface area contributed by atoms with E-state index in [9.17, 15) is 5.11 Å². The fourth-order valence-electron chi connectivity index (χ4n) is 2.84. The summed E-state index contributed by atoms with van der Waals surface area (Å²) in [5.41, 5.74) is 0. The summed E-state index contributed by atoms with van der Waals surface area (Å²) in [6.07, 6.45) is -1.90. The molecule has 0 amide bonds. The molecule has 3 saturated heterocycles. The van der Waals surface area contributed by atoms with Crippen molar-refractivity contribution in [2.24, 2.45) is 0 Å². The molecule has 0 bridgehead atoms. The van der Waals surface area contributed by atoms with Crippen LogP contribution in [0, 0.1) is 0 Å². The van der Waals surface area contributed by atoms with Crippen LogP contribution >= 0.6 is 0 Å². The molecule has 0 unspecified atom stereocenters. The molecule has 3 aliphatic heterocycles. The van der Waals surface area contributed by atoms with Crippen LogP contribution in [0.1, 0.15) is 27.7 Å². The van der Waals surface area contributed by atoms with Gasteiger partial charge in [0.2, 0.25) is 0 Å². The van der Waals surface area contributed by atoms with E-state index in [0.717, 1.165) is 0 Å². The molecule has 0 aromatic heterocycles. The van der Waals surface area contributed by atoms with Crippen molar-refractivity contribution in [2.45, 2.75) is 70.0 Å². The van der Waals surface area contributed by atoms with Crippen molar-refractivity contribution < 1.29 is 28.8 Å². The van der Waals surface area contributed by atoms with Crippen molar-refractivity contribution in [3.05, 3.63) is 0 Å². The molecule has 3 aliphatic rings. The first kappa shape index (κ1) is 12.8. The van der Waals surface area contributed by atoms with E-state index < -0.39 is 24.0 Å². The van der Waals surface area contributed by atoms with Gasteiger partial charge < -0.3 is 28.8 Å². The van der Waals surface area contributed by atoms with Crippen LogP contribution in [0.4, 0.5) is 0 Å². The minimum Gasteiger partial charge on any atom is -0.394 e. The Labute approximate surface area is 106 Å². The third kappa shape index (κ3) is 1.97. The lowest BCUT2D eigenvalue weighted by molar-refractivity contribution is -0.240. The van der Waals surface area contributed by atoms with Gasteiger partial charge in [0.25, 0.3) is 0 Å². The van der Waals surface area contributed by atoms with Crippen LogP contribution in [-0.2, 0) is 23.7 Å². The number of ether oxygens (including phenoxy) is 5. The van der Waals surface area contributed by atoms with E-state index in [1.165, 1.54) is 0 Å². The van der Waals surface area contributed by atoms with Gasteiger partial charge in [-0.15, -0.1) is 0 Å². The van der Waals surface area contributed by atoms with Crippen LogP contribution in [0.5, 0.6) is 0 Å². The summed E-state index contributed by atoms with van der Waals surface area (Å²) in [6.45, 7) is 7.22. The van der Waals surface area contributed by atoms with Crippen LogP contribution < -0.4 is 0 Å². The minimum atomic E-state index is -0.708. The summed E-state index contributed by atoms with van der Waals surface area (Å²) in [6, 6.07) is 0. The van der Waals surface area contributed by atoms with Gasteiger partial charge in [-0.2, -0.15) is 0 Å². The maximum absolute atomic E-state index is 9.40. The normalized spacial score (nSPS) is 48.8. The van der Waals surface area contributed by atoms with Gasteiger partial charge in [-0.3, -0.25) is 0 Å². The second-order valence-corrected chi connectivity index (χ2v) is 5.89. The molecule has 0 radical (unpaired) electrons. The van der Waals surface area contributed by atoms with Gasteiger partial charge in [-0.1, -0.05) is 0 Å². The molecular weight excluding hydrogens is 240 g/mol. The molecule has 0 aromatic carbocycles. The largest absolute Gasteiger partial charge is 0.394 e. The fraction of sp³-hybridized carbons (Fsp3) is 1.00. The molecular formula is C12H20O6. The van der Waals surface area contributed by atoms with E-state index in [-0.39, 0.29) is 24.9 Å². The Kier molecular flexibility index (Phi) is 2.75. The Balaban J connectivity index is 1.86. The molecule has 5 atom stereocenters. The first-order valence-electron chi connectivity index (χ1n) is 6.29. The second-order valence-electron chi connectivity index (χ2n) is 5.89. The van der Waals surface area contributed by atoms with Crippen LogP contribution in [0.2, 0.25) is 0 Å². The maximum Gasteiger partial charge on any atom is 0.190 e. The first-order valence-corrected chi connectivity index (χ1v) is 6.29. The highest BCUT2D eigenvalue weighted by atomic mass is 16.9. The lowest BCUT2D eigenvalue weighted by Crippen LogP contribution is -2.56. The molecule has 3 fully saturated rings. The molecule has 0 saturated carbocycles. The number of hydrogen-bond donors (Lipinski definition) is 1. The fourth-order valence-corrected chi connectivity index (χ4v) is 2.84. The summed E-state index contributed by atoms with van der Waals surface area (Å²) in [4.78, 5) is 0. The third-order valence-corrected chi connectivity index (χ3v) is 3.43. The average Bonchev–Trinajstić information content (AvgIpc) is 2.71. The number of fused-ring (bicyclic) bond motifs is 3. The summed E-state index contributed by atoms with van der Waals surface area (Å²) in [5, 5.41) is 9.40. The molecule has 104 valence electrons. The van der Waals surface area contributed by atoms with Gasteiger partial charge in [0.15, 0.2) is 17.9 Å². The van der Waals surface area contributed by atoms with E-state index in [4.69, 9.17) is 23.7 Å². The first-order chi connectivity index (χ1) is 8.31. The minimum absolute atomic E-state index is 0.131. The lowest BCUT2D eigenvalue weighted by Gasteiger charge is -2.36. The molecule has 3 rings (SSSR count). The van der Waals surface area contributed by atoms with Gasteiger partial charge in [0, 0.05) is 0 Å². The third-order valence-electron chi connectivity index (χ3n) is 3.43. The number of hydrogen-bond acceptors (Lipinski definition) is 6. The van der Waals surface area contributed by atoms with Crippen molar-refractivity contribution in [2.75, 3.05) is 6.61 Å². The van der Waals surface area contributed by atoms with Gasteiger partial charge in [-0.05, 0) is 27.7 Å². The molecule has 18 heavy (non-hydrogen) atoms. The van der Waals surface area contributed by atoms with Crippen molar-refractivity contribution in [3.63, 3.8) is 0 Å². The monoisotopic (exact) mass is 260 g/mol. The molecule has 0 aromatic rings. The molecule has 1 N–H and O–H groups in total.